The van der Waals surface area contributed by atoms with Crippen molar-refractivity contribution in [2.24, 2.45) is 0 Å². The SMILES string of the molecule is O=C1NC(=S)N(c2ccccc2F)C(=O)C1=Cc1cn(Cc2cccc([N+](=O)[O-])c2)c2ccccc12. The van der Waals surface area contributed by atoms with Gasteiger partial charge in [0.15, 0.2) is 5.11 Å². The smallest absolute Gasteiger partial charge is 0.270 e. The predicted molar refractivity (Wildman–Crippen MR) is 137 cm³/mol. The van der Waals surface area contributed by atoms with E-state index in [0.29, 0.717) is 17.7 Å². The molecule has 178 valence electrons. The summed E-state index contributed by atoms with van der Waals surface area (Å²) in [5, 5.41) is 14.2. The van der Waals surface area contributed by atoms with E-state index in [9.17, 15) is 24.1 Å². The van der Waals surface area contributed by atoms with Crippen molar-refractivity contribution in [1.82, 2.24) is 9.88 Å². The molecule has 1 saturated heterocycles. The number of nitrogens with one attached hydrogen (secondary N) is 1. The topological polar surface area (TPSA) is 97.5 Å². The van der Waals surface area contributed by atoms with Gasteiger partial charge in [-0.3, -0.25) is 25.0 Å². The second kappa shape index (κ2) is 9.16. The highest BCUT2D eigenvalue weighted by atomic mass is 32.1. The van der Waals surface area contributed by atoms with Crippen LogP contribution in [0.1, 0.15) is 11.1 Å². The van der Waals surface area contributed by atoms with Gasteiger partial charge in [-0.05, 0) is 42.1 Å². The molecule has 0 spiro atoms. The first kappa shape index (κ1) is 23.1. The summed E-state index contributed by atoms with van der Waals surface area (Å²) in [4.78, 5) is 37.7. The summed E-state index contributed by atoms with van der Waals surface area (Å²) in [7, 11) is 0. The second-order valence-electron chi connectivity index (χ2n) is 8.07. The van der Waals surface area contributed by atoms with E-state index in [4.69, 9.17) is 12.2 Å². The molecule has 8 nitrogen and oxygen atoms in total. The van der Waals surface area contributed by atoms with E-state index in [0.717, 1.165) is 15.8 Å². The van der Waals surface area contributed by atoms with Crippen molar-refractivity contribution in [3.05, 3.63) is 112 Å². The fourth-order valence-electron chi connectivity index (χ4n) is 4.15. The zero-order chi connectivity index (χ0) is 25.4. The van der Waals surface area contributed by atoms with E-state index in [1.807, 2.05) is 28.8 Å². The maximum Gasteiger partial charge on any atom is 0.270 e. The molecule has 36 heavy (non-hydrogen) atoms. The third-order valence-corrected chi connectivity index (χ3v) is 6.07. The van der Waals surface area contributed by atoms with E-state index < -0.39 is 22.6 Å². The van der Waals surface area contributed by atoms with Gasteiger partial charge in [-0.1, -0.05) is 42.5 Å². The molecule has 2 amide bonds. The molecule has 1 N–H and O–H groups in total. The molecule has 0 radical (unpaired) electrons. The Kier molecular flexibility index (Phi) is 5.87. The average Bonchev–Trinajstić information content (AvgIpc) is 3.20. The van der Waals surface area contributed by atoms with E-state index in [2.05, 4.69) is 5.32 Å². The second-order valence-corrected chi connectivity index (χ2v) is 8.45. The third kappa shape index (κ3) is 4.14. The Morgan fingerprint density at radius 1 is 1.03 bits per heavy atom. The Balaban J connectivity index is 1.57. The van der Waals surface area contributed by atoms with Crippen molar-refractivity contribution in [3.8, 4) is 0 Å². The molecule has 1 aliphatic heterocycles. The predicted octanol–water partition coefficient (Wildman–Crippen LogP) is 4.57. The first-order valence-corrected chi connectivity index (χ1v) is 11.2. The molecule has 5 rings (SSSR count). The Morgan fingerprint density at radius 2 is 1.78 bits per heavy atom. The molecule has 1 aliphatic rings. The van der Waals surface area contributed by atoms with Gasteiger partial charge in [0, 0.05) is 41.3 Å². The van der Waals surface area contributed by atoms with Crippen LogP contribution >= 0.6 is 12.2 Å². The van der Waals surface area contributed by atoms with Gasteiger partial charge in [0.1, 0.15) is 11.4 Å². The number of aromatic nitrogens is 1. The minimum absolute atomic E-state index is 0.0139. The summed E-state index contributed by atoms with van der Waals surface area (Å²) in [6, 6.07) is 19.4. The van der Waals surface area contributed by atoms with Crippen molar-refractivity contribution >= 4 is 57.5 Å². The van der Waals surface area contributed by atoms with Crippen LogP contribution in [0, 0.1) is 15.9 Å². The van der Waals surface area contributed by atoms with Crippen LogP contribution in [0.25, 0.3) is 17.0 Å². The van der Waals surface area contributed by atoms with Gasteiger partial charge in [0.05, 0.1) is 10.6 Å². The number of thiocarbonyl (C=S) groups is 1. The number of hydrogen-bond donors (Lipinski definition) is 1. The normalized spacial score (nSPS) is 15.0. The summed E-state index contributed by atoms with van der Waals surface area (Å²) in [6.07, 6.45) is 3.21. The number of nitro benzene ring substituents is 1. The van der Waals surface area contributed by atoms with Crippen LogP contribution in [-0.4, -0.2) is 26.4 Å². The molecule has 2 heterocycles. The van der Waals surface area contributed by atoms with Crippen LogP contribution in [0.15, 0.2) is 84.6 Å². The Hall–Kier alpha value is -4.70. The summed E-state index contributed by atoms with van der Waals surface area (Å²) in [6.45, 7) is 0.330. The summed E-state index contributed by atoms with van der Waals surface area (Å²) < 4.78 is 16.3. The number of benzene rings is 3. The number of halogens is 1. The Bertz CT molecular complexity index is 1610. The van der Waals surface area contributed by atoms with Crippen LogP contribution in [0.5, 0.6) is 0 Å². The van der Waals surface area contributed by atoms with Gasteiger partial charge in [-0.2, -0.15) is 0 Å². The Morgan fingerprint density at radius 3 is 2.56 bits per heavy atom. The summed E-state index contributed by atoms with van der Waals surface area (Å²) >= 11 is 5.15. The molecule has 0 atom stereocenters. The molecule has 0 unspecified atom stereocenters. The lowest BCUT2D eigenvalue weighted by Gasteiger charge is -2.29. The number of carbonyl (C=O) groups is 2. The van der Waals surface area contributed by atoms with Crippen molar-refractivity contribution in [3.63, 3.8) is 0 Å². The molecule has 1 fully saturated rings. The minimum Gasteiger partial charge on any atom is -0.342 e. The number of amides is 2. The molecule has 0 saturated carbocycles. The maximum atomic E-state index is 14.4. The molecule has 0 aliphatic carbocycles. The van der Waals surface area contributed by atoms with E-state index in [1.165, 1.54) is 36.4 Å². The van der Waals surface area contributed by atoms with Crippen LogP contribution in [-0.2, 0) is 16.1 Å². The van der Waals surface area contributed by atoms with Gasteiger partial charge < -0.3 is 4.57 Å². The first-order valence-electron chi connectivity index (χ1n) is 10.8. The number of non-ortho nitro benzene ring substituents is 1. The fourth-order valence-corrected chi connectivity index (χ4v) is 4.42. The zero-order valence-electron chi connectivity index (χ0n) is 18.6. The van der Waals surface area contributed by atoms with Gasteiger partial charge in [-0.25, -0.2) is 9.29 Å². The van der Waals surface area contributed by atoms with Crippen LogP contribution in [0.3, 0.4) is 0 Å². The van der Waals surface area contributed by atoms with Crippen LogP contribution in [0.2, 0.25) is 0 Å². The number of carbonyl (C=O) groups excluding carboxylic acids is 2. The zero-order valence-corrected chi connectivity index (χ0v) is 19.4. The fraction of sp³-hybridized carbons (Fsp3) is 0.0385. The first-order chi connectivity index (χ1) is 17.3. The van der Waals surface area contributed by atoms with Gasteiger partial charge >= 0.3 is 0 Å². The maximum absolute atomic E-state index is 14.4. The molecule has 10 heteroatoms. The summed E-state index contributed by atoms with van der Waals surface area (Å²) in [5.41, 5.74) is 1.82. The van der Waals surface area contributed by atoms with Crippen molar-refractivity contribution in [1.29, 1.82) is 0 Å². The van der Waals surface area contributed by atoms with Gasteiger partial charge in [0.2, 0.25) is 0 Å². The number of rotatable bonds is 5. The van der Waals surface area contributed by atoms with E-state index in [-0.39, 0.29) is 22.1 Å². The Labute approximate surface area is 209 Å². The van der Waals surface area contributed by atoms with Gasteiger partial charge in [0.25, 0.3) is 17.5 Å². The summed E-state index contributed by atoms with van der Waals surface area (Å²) in [5.74, 6) is -2.09. The lowest BCUT2D eigenvalue weighted by molar-refractivity contribution is -0.384. The number of hydrogen-bond acceptors (Lipinski definition) is 5. The highest BCUT2D eigenvalue weighted by Gasteiger charge is 2.35. The quantitative estimate of drug-likeness (QED) is 0.142. The monoisotopic (exact) mass is 500 g/mol. The van der Waals surface area contributed by atoms with Crippen molar-refractivity contribution < 1.29 is 18.9 Å². The lowest BCUT2D eigenvalue weighted by atomic mass is 10.1. The number of anilines is 1. The molecular weight excluding hydrogens is 483 g/mol. The number of nitrogens with zero attached hydrogens (tertiary/aromatic N) is 3. The van der Waals surface area contributed by atoms with Crippen LogP contribution < -0.4 is 10.2 Å². The van der Waals surface area contributed by atoms with Crippen molar-refractivity contribution in [2.45, 2.75) is 6.54 Å². The third-order valence-electron chi connectivity index (χ3n) is 5.79. The number of nitro groups is 1. The number of para-hydroxylation sites is 2. The van der Waals surface area contributed by atoms with E-state index >= 15 is 0 Å². The largest absolute Gasteiger partial charge is 0.342 e. The molecule has 0 bridgehead atoms. The number of fused-ring (bicyclic) bond motifs is 1. The van der Waals surface area contributed by atoms with Crippen LogP contribution in [0.4, 0.5) is 15.8 Å². The highest BCUT2D eigenvalue weighted by Crippen LogP contribution is 2.28. The molecular formula is C26H17FN4O4S. The average molecular weight is 501 g/mol. The molecule has 1 aromatic heterocycles. The highest BCUT2D eigenvalue weighted by molar-refractivity contribution is 7.80. The van der Waals surface area contributed by atoms with Gasteiger partial charge in [-0.15, -0.1) is 0 Å². The molecule has 4 aromatic rings. The minimum atomic E-state index is -0.746. The van der Waals surface area contributed by atoms with Crippen molar-refractivity contribution in [2.75, 3.05) is 4.90 Å². The standard InChI is InChI=1S/C26H17FN4O4S/c27-21-9-2-4-11-23(21)30-25(33)20(24(32)28-26(30)36)13-17-15-29(22-10-3-1-8-19(17)22)14-16-6-5-7-18(12-16)31(34)35/h1-13,15H,14H2,(H,28,32,36). The lowest BCUT2D eigenvalue weighted by Crippen LogP contribution is -2.54. The molecule has 3 aromatic carbocycles. The van der Waals surface area contributed by atoms with E-state index in [1.54, 1.807) is 24.4 Å².